The fourth-order valence-corrected chi connectivity index (χ4v) is 2.25. The number of hydrogen-bond donors (Lipinski definition) is 3. The van der Waals surface area contributed by atoms with Crippen LogP contribution in [0.25, 0.3) is 0 Å². The lowest BCUT2D eigenvalue weighted by Gasteiger charge is -2.10. The Labute approximate surface area is 105 Å². The van der Waals surface area contributed by atoms with Gasteiger partial charge in [-0.1, -0.05) is 0 Å². The first-order valence-corrected chi connectivity index (χ1v) is 6.87. The van der Waals surface area contributed by atoms with E-state index in [0.29, 0.717) is 12.5 Å². The number of nitrogens with one attached hydrogen (secondary N) is 2. The van der Waals surface area contributed by atoms with E-state index in [1.807, 2.05) is 16.8 Å². The van der Waals surface area contributed by atoms with Gasteiger partial charge in [0.05, 0.1) is 12.6 Å². The molecule has 5 heteroatoms. The van der Waals surface area contributed by atoms with Gasteiger partial charge in [-0.15, -0.1) is 0 Å². The van der Waals surface area contributed by atoms with Gasteiger partial charge in [0.1, 0.15) is 0 Å². The first-order chi connectivity index (χ1) is 8.25. The number of carbonyl (C=O) groups excluding carboxylic acids is 1. The highest BCUT2D eigenvalue weighted by atomic mass is 32.1. The van der Waals surface area contributed by atoms with Gasteiger partial charge in [-0.25, -0.2) is 0 Å². The Kier molecular flexibility index (Phi) is 4.53. The van der Waals surface area contributed by atoms with Gasteiger partial charge < -0.3 is 15.7 Å². The minimum Gasteiger partial charge on any atom is -0.387 e. The van der Waals surface area contributed by atoms with Crippen molar-refractivity contribution in [3.63, 3.8) is 0 Å². The molecule has 1 aromatic heterocycles. The van der Waals surface area contributed by atoms with Crippen molar-refractivity contribution in [3.8, 4) is 0 Å². The van der Waals surface area contributed by atoms with Crippen LogP contribution in [0.4, 0.5) is 0 Å². The molecule has 1 amide bonds. The summed E-state index contributed by atoms with van der Waals surface area (Å²) in [5, 5.41) is 19.4. The minimum absolute atomic E-state index is 0.00872. The van der Waals surface area contributed by atoms with E-state index >= 15 is 0 Å². The van der Waals surface area contributed by atoms with Crippen molar-refractivity contribution in [1.29, 1.82) is 0 Å². The number of aliphatic hydroxyl groups excluding tert-OH is 1. The van der Waals surface area contributed by atoms with Crippen LogP contribution >= 0.6 is 11.3 Å². The van der Waals surface area contributed by atoms with E-state index in [4.69, 9.17) is 0 Å². The number of amides is 1. The Balaban J connectivity index is 1.56. The van der Waals surface area contributed by atoms with Crippen molar-refractivity contribution in [1.82, 2.24) is 10.6 Å². The summed E-state index contributed by atoms with van der Waals surface area (Å²) in [7, 11) is 0. The van der Waals surface area contributed by atoms with Crippen LogP contribution in [0.15, 0.2) is 16.8 Å². The first-order valence-electron chi connectivity index (χ1n) is 5.93. The molecule has 0 spiro atoms. The van der Waals surface area contributed by atoms with Crippen LogP contribution in [-0.4, -0.2) is 30.6 Å². The van der Waals surface area contributed by atoms with E-state index in [2.05, 4.69) is 10.6 Å². The molecule has 1 unspecified atom stereocenters. The predicted octanol–water partition coefficient (Wildman–Crippen LogP) is 0.897. The average Bonchev–Trinajstić information content (AvgIpc) is 2.98. The molecule has 0 aliphatic heterocycles. The maximum atomic E-state index is 11.4. The maximum absolute atomic E-state index is 11.4. The normalized spacial score (nSPS) is 16.8. The molecule has 3 N–H and O–H groups in total. The van der Waals surface area contributed by atoms with E-state index in [9.17, 15) is 9.90 Å². The molecule has 1 heterocycles. The van der Waals surface area contributed by atoms with Crippen LogP contribution in [0.3, 0.4) is 0 Å². The smallest absolute Gasteiger partial charge is 0.233 e. The summed E-state index contributed by atoms with van der Waals surface area (Å²) >= 11 is 1.56. The van der Waals surface area contributed by atoms with Gasteiger partial charge in [0, 0.05) is 13.1 Å². The summed E-state index contributed by atoms with van der Waals surface area (Å²) < 4.78 is 0. The Hall–Kier alpha value is -0.910. The van der Waals surface area contributed by atoms with Gasteiger partial charge in [0.15, 0.2) is 0 Å². The van der Waals surface area contributed by atoms with Crippen LogP contribution in [0.2, 0.25) is 0 Å². The number of carbonyl (C=O) groups is 1. The van der Waals surface area contributed by atoms with Crippen LogP contribution in [-0.2, 0) is 4.79 Å². The summed E-state index contributed by atoms with van der Waals surface area (Å²) in [5.74, 6) is 0.713. The van der Waals surface area contributed by atoms with Gasteiger partial charge in [-0.05, 0) is 41.1 Å². The topological polar surface area (TPSA) is 61.4 Å². The van der Waals surface area contributed by atoms with Crippen molar-refractivity contribution in [2.45, 2.75) is 18.9 Å². The molecule has 94 valence electrons. The predicted molar refractivity (Wildman–Crippen MR) is 67.9 cm³/mol. The molecule has 1 aliphatic carbocycles. The van der Waals surface area contributed by atoms with Crippen molar-refractivity contribution >= 4 is 17.2 Å². The zero-order valence-corrected chi connectivity index (χ0v) is 10.5. The number of hydrogen-bond acceptors (Lipinski definition) is 4. The zero-order valence-electron chi connectivity index (χ0n) is 9.69. The lowest BCUT2D eigenvalue weighted by molar-refractivity contribution is -0.120. The van der Waals surface area contributed by atoms with Gasteiger partial charge in [0.25, 0.3) is 0 Å². The second-order valence-electron chi connectivity index (χ2n) is 4.45. The number of rotatable bonds is 7. The third kappa shape index (κ3) is 4.46. The molecule has 1 aromatic rings. The Morgan fingerprint density at radius 3 is 3.06 bits per heavy atom. The molecule has 4 nitrogen and oxygen atoms in total. The fourth-order valence-electron chi connectivity index (χ4n) is 1.55. The van der Waals surface area contributed by atoms with E-state index in [-0.39, 0.29) is 12.5 Å². The number of thiophene rings is 1. The monoisotopic (exact) mass is 254 g/mol. The Morgan fingerprint density at radius 1 is 1.59 bits per heavy atom. The molecule has 1 saturated carbocycles. The van der Waals surface area contributed by atoms with Crippen molar-refractivity contribution in [3.05, 3.63) is 22.4 Å². The largest absolute Gasteiger partial charge is 0.387 e. The van der Waals surface area contributed by atoms with Gasteiger partial charge in [-0.2, -0.15) is 11.3 Å². The SMILES string of the molecule is O=C(CNCC(O)c1ccsc1)NCC1CC1. The molecule has 0 aromatic carbocycles. The highest BCUT2D eigenvalue weighted by molar-refractivity contribution is 7.07. The summed E-state index contributed by atoms with van der Waals surface area (Å²) in [5.41, 5.74) is 0.904. The second-order valence-corrected chi connectivity index (χ2v) is 5.23. The molecule has 17 heavy (non-hydrogen) atoms. The van der Waals surface area contributed by atoms with Crippen LogP contribution in [0, 0.1) is 5.92 Å². The van der Waals surface area contributed by atoms with Gasteiger partial charge in [0.2, 0.25) is 5.91 Å². The first kappa shape index (κ1) is 12.5. The molecule has 1 aliphatic rings. The number of aliphatic hydroxyl groups is 1. The van der Waals surface area contributed by atoms with Gasteiger partial charge in [-0.3, -0.25) is 4.79 Å². The van der Waals surface area contributed by atoms with Gasteiger partial charge >= 0.3 is 0 Å². The van der Waals surface area contributed by atoms with Crippen molar-refractivity contribution in [2.24, 2.45) is 5.92 Å². The molecule has 0 radical (unpaired) electrons. The zero-order chi connectivity index (χ0) is 12.1. The minimum atomic E-state index is -0.530. The fraction of sp³-hybridized carbons (Fsp3) is 0.583. The van der Waals surface area contributed by atoms with E-state index in [0.717, 1.165) is 12.1 Å². The summed E-state index contributed by atoms with van der Waals surface area (Å²) in [6.07, 6.45) is 1.95. The molecule has 1 fully saturated rings. The third-order valence-corrected chi connectivity index (χ3v) is 3.54. The lowest BCUT2D eigenvalue weighted by Crippen LogP contribution is -2.36. The second kappa shape index (κ2) is 6.14. The summed E-state index contributed by atoms with van der Waals surface area (Å²) in [6.45, 7) is 1.48. The van der Waals surface area contributed by atoms with Crippen LogP contribution in [0.5, 0.6) is 0 Å². The molecule has 2 rings (SSSR count). The highest BCUT2D eigenvalue weighted by Gasteiger charge is 2.21. The standard InChI is InChI=1S/C12H18N2O2S/c15-11(10-3-4-17-8-10)6-13-7-12(16)14-5-9-1-2-9/h3-4,8-9,11,13,15H,1-2,5-7H2,(H,14,16). The summed E-state index contributed by atoms with van der Waals surface area (Å²) in [6, 6.07) is 1.89. The van der Waals surface area contributed by atoms with Crippen molar-refractivity contribution < 1.29 is 9.90 Å². The molecule has 0 saturated heterocycles. The molecular formula is C12H18N2O2S. The molecular weight excluding hydrogens is 236 g/mol. The molecule has 0 bridgehead atoms. The van der Waals surface area contributed by atoms with Crippen LogP contribution < -0.4 is 10.6 Å². The average molecular weight is 254 g/mol. The van der Waals surface area contributed by atoms with Crippen LogP contribution in [0.1, 0.15) is 24.5 Å². The molecule has 1 atom stereocenters. The van der Waals surface area contributed by atoms with E-state index in [1.165, 1.54) is 12.8 Å². The third-order valence-electron chi connectivity index (χ3n) is 2.84. The quantitative estimate of drug-likeness (QED) is 0.677. The van der Waals surface area contributed by atoms with E-state index < -0.39 is 6.10 Å². The Morgan fingerprint density at radius 2 is 2.41 bits per heavy atom. The Bertz CT molecular complexity index is 349. The highest BCUT2D eigenvalue weighted by Crippen LogP contribution is 2.27. The maximum Gasteiger partial charge on any atom is 0.233 e. The lowest BCUT2D eigenvalue weighted by atomic mass is 10.2. The van der Waals surface area contributed by atoms with E-state index in [1.54, 1.807) is 11.3 Å². The van der Waals surface area contributed by atoms with Crippen molar-refractivity contribution in [2.75, 3.05) is 19.6 Å². The summed E-state index contributed by atoms with van der Waals surface area (Å²) in [4.78, 5) is 11.4.